The molecule has 106 valence electrons. The van der Waals surface area contributed by atoms with Crippen molar-refractivity contribution in [1.29, 1.82) is 0 Å². The predicted molar refractivity (Wildman–Crippen MR) is 81.1 cm³/mol. The molecular weight excluding hydrogens is 314 g/mol. The molecule has 0 spiro atoms. The molecule has 0 bridgehead atoms. The minimum Gasteiger partial charge on any atom is -0.505 e. The van der Waals surface area contributed by atoms with Crippen LogP contribution < -0.4 is 5.56 Å². The fourth-order valence-corrected chi connectivity index (χ4v) is 3.22. The summed E-state index contributed by atoms with van der Waals surface area (Å²) in [6.07, 6.45) is 0. The third-order valence-corrected chi connectivity index (χ3v) is 4.41. The molecule has 7 heteroatoms. The van der Waals surface area contributed by atoms with Crippen molar-refractivity contribution in [2.75, 3.05) is 0 Å². The van der Waals surface area contributed by atoms with Gasteiger partial charge in [0, 0.05) is 11.1 Å². The van der Waals surface area contributed by atoms with Gasteiger partial charge in [-0.3, -0.25) is 9.36 Å². The molecule has 3 aromatic rings. The van der Waals surface area contributed by atoms with Crippen molar-refractivity contribution in [3.8, 4) is 11.4 Å². The summed E-state index contributed by atoms with van der Waals surface area (Å²) in [5, 5.41) is 19.9. The molecule has 0 fully saturated rings. The van der Waals surface area contributed by atoms with E-state index < -0.39 is 5.97 Å². The maximum absolute atomic E-state index is 12.1. The molecule has 0 radical (unpaired) electrons. The summed E-state index contributed by atoms with van der Waals surface area (Å²) in [6.45, 7) is 0. The van der Waals surface area contributed by atoms with Crippen LogP contribution in [0.4, 0.5) is 0 Å². The van der Waals surface area contributed by atoms with Crippen molar-refractivity contribution in [2.45, 2.75) is 0 Å². The van der Waals surface area contributed by atoms with Crippen LogP contribution in [0.1, 0.15) is 9.67 Å². The van der Waals surface area contributed by atoms with E-state index in [9.17, 15) is 14.7 Å². The Hall–Kier alpha value is -2.31. The fraction of sp³-hybridized carbons (Fsp3) is 0. The van der Waals surface area contributed by atoms with Crippen molar-refractivity contribution in [3.05, 3.63) is 56.7 Å². The summed E-state index contributed by atoms with van der Waals surface area (Å²) in [6, 6.07) is 9.28. The second-order valence-corrected chi connectivity index (χ2v) is 5.72. The van der Waals surface area contributed by atoms with Crippen molar-refractivity contribution in [1.82, 2.24) is 4.57 Å². The van der Waals surface area contributed by atoms with E-state index in [1.807, 2.05) is 0 Å². The number of pyridine rings is 1. The molecule has 0 aliphatic heterocycles. The Bertz CT molecular complexity index is 911. The molecule has 0 atom stereocenters. The lowest BCUT2D eigenvalue weighted by atomic mass is 10.2. The van der Waals surface area contributed by atoms with Gasteiger partial charge in [0.25, 0.3) is 5.56 Å². The molecule has 1 aromatic carbocycles. The highest BCUT2D eigenvalue weighted by molar-refractivity contribution is 7.20. The number of thiophene rings is 1. The number of nitrogens with zero attached hydrogens (tertiary/aromatic N) is 1. The van der Waals surface area contributed by atoms with Crippen LogP contribution in [0.2, 0.25) is 5.02 Å². The van der Waals surface area contributed by atoms with Gasteiger partial charge in [-0.2, -0.15) is 0 Å². The summed E-state index contributed by atoms with van der Waals surface area (Å²) < 4.78 is 1.35. The number of fused-ring (bicyclic) bond motifs is 1. The Balaban J connectivity index is 2.39. The average Bonchev–Trinajstić information content (AvgIpc) is 2.78. The number of hydrogen-bond acceptors (Lipinski definition) is 4. The summed E-state index contributed by atoms with van der Waals surface area (Å²) >= 11 is 6.68. The van der Waals surface area contributed by atoms with Crippen LogP contribution in [0.5, 0.6) is 5.75 Å². The van der Waals surface area contributed by atoms with Crippen molar-refractivity contribution < 1.29 is 15.0 Å². The largest absolute Gasteiger partial charge is 0.505 e. The molecule has 3 rings (SSSR count). The molecule has 0 unspecified atom stereocenters. The highest BCUT2D eigenvalue weighted by atomic mass is 35.5. The van der Waals surface area contributed by atoms with E-state index in [0.29, 0.717) is 20.9 Å². The predicted octanol–water partition coefficient (Wildman–Crippen LogP) is 3.11. The first kappa shape index (κ1) is 13.7. The zero-order valence-electron chi connectivity index (χ0n) is 10.4. The first-order valence-corrected chi connectivity index (χ1v) is 7.05. The van der Waals surface area contributed by atoms with E-state index in [2.05, 4.69) is 0 Å². The van der Waals surface area contributed by atoms with Crippen LogP contribution in [0.15, 0.2) is 41.2 Å². The lowest BCUT2D eigenvalue weighted by Crippen LogP contribution is -2.16. The molecular formula is C14H8ClNO4S. The molecule has 0 saturated carbocycles. The third-order valence-electron chi connectivity index (χ3n) is 2.99. The standard InChI is InChI=1S/C14H8ClNO4S/c15-7-1-3-8(4-2-7)16-10(17)6-5-9-11(18)12(14(19)20)21-13(9)16/h1-6,18H,(H,19,20). The molecule has 2 aromatic heterocycles. The quantitative estimate of drug-likeness (QED) is 0.760. The summed E-state index contributed by atoms with van der Waals surface area (Å²) in [7, 11) is 0. The topological polar surface area (TPSA) is 79.5 Å². The van der Waals surface area contributed by atoms with Crippen molar-refractivity contribution >= 4 is 39.1 Å². The summed E-state index contributed by atoms with van der Waals surface area (Å²) in [5.41, 5.74) is 0.233. The number of aromatic carboxylic acids is 1. The molecule has 0 aliphatic carbocycles. The van der Waals surface area contributed by atoms with Gasteiger partial charge in [-0.05, 0) is 30.3 Å². The molecule has 5 nitrogen and oxygen atoms in total. The van der Waals surface area contributed by atoms with Gasteiger partial charge in [0.2, 0.25) is 0 Å². The zero-order valence-corrected chi connectivity index (χ0v) is 12.0. The van der Waals surface area contributed by atoms with E-state index >= 15 is 0 Å². The molecule has 2 heterocycles. The monoisotopic (exact) mass is 321 g/mol. The minimum atomic E-state index is -1.23. The summed E-state index contributed by atoms with van der Waals surface area (Å²) in [4.78, 5) is 23.4. The van der Waals surface area contributed by atoms with Crippen LogP contribution in [-0.2, 0) is 0 Å². The highest BCUT2D eigenvalue weighted by Gasteiger charge is 2.20. The maximum Gasteiger partial charge on any atom is 0.349 e. The number of halogens is 1. The second kappa shape index (κ2) is 4.91. The van der Waals surface area contributed by atoms with Crippen LogP contribution in [0.3, 0.4) is 0 Å². The van der Waals surface area contributed by atoms with Gasteiger partial charge in [0.05, 0.1) is 11.1 Å². The number of carboxylic acids is 1. The highest BCUT2D eigenvalue weighted by Crippen LogP contribution is 2.36. The molecule has 0 saturated heterocycles. The number of benzene rings is 1. The fourth-order valence-electron chi connectivity index (χ4n) is 2.05. The van der Waals surface area contributed by atoms with Gasteiger partial charge < -0.3 is 10.2 Å². The maximum atomic E-state index is 12.1. The van der Waals surface area contributed by atoms with Gasteiger partial charge in [0.15, 0.2) is 4.88 Å². The third kappa shape index (κ3) is 2.18. The van der Waals surface area contributed by atoms with E-state index in [-0.39, 0.29) is 16.2 Å². The van der Waals surface area contributed by atoms with Gasteiger partial charge in [-0.15, -0.1) is 11.3 Å². The first-order chi connectivity index (χ1) is 9.99. The second-order valence-electron chi connectivity index (χ2n) is 4.29. The van der Waals surface area contributed by atoms with Gasteiger partial charge in [0.1, 0.15) is 10.6 Å². The van der Waals surface area contributed by atoms with Crippen LogP contribution in [-0.4, -0.2) is 20.7 Å². The number of aromatic nitrogens is 1. The van der Waals surface area contributed by atoms with E-state index in [0.717, 1.165) is 11.3 Å². The Morgan fingerprint density at radius 2 is 1.81 bits per heavy atom. The number of carboxylic acid groups (broad SMARTS) is 1. The Morgan fingerprint density at radius 1 is 1.14 bits per heavy atom. The molecule has 2 N–H and O–H groups in total. The SMILES string of the molecule is O=C(O)c1sc2c(ccc(=O)n2-c2ccc(Cl)cc2)c1O. The number of hydrogen-bond donors (Lipinski definition) is 2. The minimum absolute atomic E-state index is 0.196. The lowest BCUT2D eigenvalue weighted by molar-refractivity contribution is 0.0699. The molecule has 0 aliphatic rings. The van der Waals surface area contributed by atoms with Crippen molar-refractivity contribution in [3.63, 3.8) is 0 Å². The normalized spacial score (nSPS) is 10.9. The molecule has 21 heavy (non-hydrogen) atoms. The summed E-state index contributed by atoms with van der Waals surface area (Å²) in [5.74, 6) is -1.56. The van der Waals surface area contributed by atoms with Gasteiger partial charge >= 0.3 is 5.97 Å². The lowest BCUT2D eigenvalue weighted by Gasteiger charge is -2.06. The van der Waals surface area contributed by atoms with E-state index in [1.165, 1.54) is 16.7 Å². The number of carbonyl (C=O) groups is 1. The number of rotatable bonds is 2. The van der Waals surface area contributed by atoms with Crippen LogP contribution in [0, 0.1) is 0 Å². The van der Waals surface area contributed by atoms with Gasteiger partial charge in [-0.1, -0.05) is 11.6 Å². The van der Waals surface area contributed by atoms with Crippen LogP contribution in [0.25, 0.3) is 15.9 Å². The average molecular weight is 322 g/mol. The molecule has 0 amide bonds. The van der Waals surface area contributed by atoms with Crippen molar-refractivity contribution in [2.24, 2.45) is 0 Å². The van der Waals surface area contributed by atoms with E-state index in [4.69, 9.17) is 16.7 Å². The Kier molecular flexibility index (Phi) is 3.19. The Morgan fingerprint density at radius 3 is 2.43 bits per heavy atom. The zero-order chi connectivity index (χ0) is 15.1. The number of aromatic hydroxyl groups is 1. The van der Waals surface area contributed by atoms with Gasteiger partial charge in [-0.25, -0.2) is 4.79 Å². The smallest absolute Gasteiger partial charge is 0.349 e. The van der Waals surface area contributed by atoms with Crippen LogP contribution >= 0.6 is 22.9 Å². The Labute approximate surface area is 127 Å². The first-order valence-electron chi connectivity index (χ1n) is 5.86. The van der Waals surface area contributed by atoms with E-state index in [1.54, 1.807) is 24.3 Å².